The van der Waals surface area contributed by atoms with Gasteiger partial charge in [0, 0.05) is 37.2 Å². The lowest BCUT2D eigenvalue weighted by Gasteiger charge is -2.14. The summed E-state index contributed by atoms with van der Waals surface area (Å²) in [4.78, 5) is 4.14. The van der Waals surface area contributed by atoms with Gasteiger partial charge >= 0.3 is 6.61 Å². The quantitative estimate of drug-likeness (QED) is 0.468. The number of hydrogen-bond acceptors (Lipinski definition) is 6. The van der Waals surface area contributed by atoms with Gasteiger partial charge < -0.3 is 29.4 Å². The summed E-state index contributed by atoms with van der Waals surface area (Å²) in [6.07, 6.45) is 2.00. The maximum atomic E-state index is 12.8. The summed E-state index contributed by atoms with van der Waals surface area (Å²) in [5, 5.41) is 10.3. The minimum absolute atomic E-state index is 0.0160. The van der Waals surface area contributed by atoms with Crippen molar-refractivity contribution < 1.29 is 27.5 Å². The fourth-order valence-electron chi connectivity index (χ4n) is 3.19. The first-order valence-electron chi connectivity index (χ1n) is 9.81. The molecule has 1 aromatic heterocycles. The predicted molar refractivity (Wildman–Crippen MR) is 106 cm³/mol. The van der Waals surface area contributed by atoms with E-state index in [1.807, 2.05) is 6.07 Å². The average molecular weight is 424 g/mol. The second kappa shape index (κ2) is 10.1. The van der Waals surface area contributed by atoms with Gasteiger partial charge in [-0.05, 0) is 18.9 Å². The number of benzene rings is 1. The number of nitrogens with one attached hydrogen (secondary N) is 2. The van der Waals surface area contributed by atoms with Crippen LogP contribution in [0.4, 0.5) is 8.78 Å². The van der Waals surface area contributed by atoms with Gasteiger partial charge in [-0.1, -0.05) is 19.0 Å². The lowest BCUT2D eigenvalue weighted by Crippen LogP contribution is -2.36. The summed E-state index contributed by atoms with van der Waals surface area (Å²) < 4.78 is 46.1. The van der Waals surface area contributed by atoms with Crippen LogP contribution >= 0.6 is 0 Å². The minimum atomic E-state index is -2.95. The number of aromatic nitrogens is 1. The molecule has 164 valence electrons. The Balaban J connectivity index is 1.61. The zero-order valence-electron chi connectivity index (χ0n) is 17.2. The molecule has 0 atom stereocenters. The van der Waals surface area contributed by atoms with Gasteiger partial charge in [0.05, 0.1) is 12.2 Å². The van der Waals surface area contributed by atoms with Gasteiger partial charge in [0.1, 0.15) is 5.75 Å². The third kappa shape index (κ3) is 5.31. The van der Waals surface area contributed by atoms with Crippen molar-refractivity contribution in [2.45, 2.75) is 52.3 Å². The van der Waals surface area contributed by atoms with Crippen LogP contribution in [-0.2, 0) is 13.1 Å². The summed E-state index contributed by atoms with van der Waals surface area (Å²) in [7, 11) is 1.61. The molecule has 0 saturated carbocycles. The monoisotopic (exact) mass is 424 g/mol. The summed E-state index contributed by atoms with van der Waals surface area (Å²) in [5.41, 5.74) is 1.42. The van der Waals surface area contributed by atoms with E-state index < -0.39 is 6.61 Å². The molecule has 2 N–H and O–H groups in total. The Labute approximate surface area is 173 Å². The first-order valence-corrected chi connectivity index (χ1v) is 9.81. The lowest BCUT2D eigenvalue weighted by molar-refractivity contribution is -0.0505. The van der Waals surface area contributed by atoms with Gasteiger partial charge in [-0.15, -0.1) is 0 Å². The zero-order chi connectivity index (χ0) is 21.5. The predicted octanol–water partition coefficient (Wildman–Crippen LogP) is 3.77. The van der Waals surface area contributed by atoms with E-state index in [2.05, 4.69) is 39.4 Å². The molecule has 0 aliphatic carbocycles. The Kier molecular flexibility index (Phi) is 7.31. The van der Waals surface area contributed by atoms with E-state index in [0.717, 1.165) is 18.5 Å². The van der Waals surface area contributed by atoms with Gasteiger partial charge in [-0.2, -0.15) is 8.78 Å². The van der Waals surface area contributed by atoms with Crippen molar-refractivity contribution in [2.24, 2.45) is 4.99 Å². The zero-order valence-corrected chi connectivity index (χ0v) is 17.2. The highest BCUT2D eigenvalue weighted by atomic mass is 19.3. The smallest absolute Gasteiger partial charge is 0.387 e. The molecule has 0 saturated heterocycles. The number of fused-ring (bicyclic) bond motifs is 1. The number of halogens is 2. The molecule has 8 nitrogen and oxygen atoms in total. The van der Waals surface area contributed by atoms with Crippen LogP contribution in [0.1, 0.15) is 49.6 Å². The Morgan fingerprint density at radius 3 is 2.50 bits per heavy atom. The van der Waals surface area contributed by atoms with Crippen molar-refractivity contribution in [1.29, 1.82) is 0 Å². The van der Waals surface area contributed by atoms with Crippen molar-refractivity contribution in [3.05, 3.63) is 35.2 Å². The van der Waals surface area contributed by atoms with Crippen LogP contribution in [0.25, 0.3) is 0 Å². The molecule has 3 rings (SSSR count). The fraction of sp³-hybridized carbons (Fsp3) is 0.500. The molecule has 30 heavy (non-hydrogen) atoms. The molecule has 0 amide bonds. The van der Waals surface area contributed by atoms with Gasteiger partial charge in [-0.25, -0.2) is 0 Å². The van der Waals surface area contributed by atoms with Gasteiger partial charge in [-0.3, -0.25) is 4.99 Å². The molecule has 0 spiro atoms. The Morgan fingerprint density at radius 2 is 1.83 bits per heavy atom. The molecule has 0 radical (unpaired) electrons. The van der Waals surface area contributed by atoms with E-state index in [-0.39, 0.29) is 19.1 Å². The topological polar surface area (TPSA) is 90.1 Å². The van der Waals surface area contributed by atoms with Crippen LogP contribution in [0.2, 0.25) is 0 Å². The highest BCUT2D eigenvalue weighted by molar-refractivity contribution is 5.79. The SMILES string of the molecule is CCC(CC)c1cc(CNC(=NC)NCc2cc3c(cc2OC(F)F)OCO3)on1. The van der Waals surface area contributed by atoms with Crippen molar-refractivity contribution in [1.82, 2.24) is 15.8 Å². The first kappa shape index (κ1) is 21.7. The molecule has 2 aromatic rings. The highest BCUT2D eigenvalue weighted by Gasteiger charge is 2.20. The van der Waals surface area contributed by atoms with Crippen molar-refractivity contribution >= 4 is 5.96 Å². The number of ether oxygens (including phenoxy) is 3. The average Bonchev–Trinajstić information content (AvgIpc) is 3.38. The third-order valence-corrected chi connectivity index (χ3v) is 4.85. The minimum Gasteiger partial charge on any atom is -0.454 e. The lowest BCUT2D eigenvalue weighted by atomic mass is 9.99. The number of aliphatic imine (C=N–C) groups is 1. The summed E-state index contributed by atoms with van der Waals surface area (Å²) in [6, 6.07) is 4.94. The molecule has 10 heteroatoms. The van der Waals surface area contributed by atoms with Crippen LogP contribution in [-0.4, -0.2) is 31.6 Å². The maximum Gasteiger partial charge on any atom is 0.387 e. The van der Waals surface area contributed by atoms with Crippen molar-refractivity contribution in [3.63, 3.8) is 0 Å². The number of alkyl halides is 2. The van der Waals surface area contributed by atoms with Crippen LogP contribution in [0.15, 0.2) is 27.7 Å². The molecule has 0 bridgehead atoms. The van der Waals surface area contributed by atoms with Crippen LogP contribution in [0.5, 0.6) is 17.2 Å². The van der Waals surface area contributed by atoms with Crippen LogP contribution in [0, 0.1) is 0 Å². The molecule has 1 aliphatic rings. The second-order valence-electron chi connectivity index (χ2n) is 6.70. The van der Waals surface area contributed by atoms with E-state index in [1.165, 1.54) is 6.07 Å². The maximum absolute atomic E-state index is 12.8. The van der Waals surface area contributed by atoms with E-state index in [9.17, 15) is 8.78 Å². The van der Waals surface area contributed by atoms with Gasteiger partial charge in [0.2, 0.25) is 6.79 Å². The molecular weight excluding hydrogens is 398 g/mol. The molecule has 0 fully saturated rings. The van der Waals surface area contributed by atoms with E-state index in [0.29, 0.717) is 41.2 Å². The molecule has 0 unspecified atom stereocenters. The van der Waals surface area contributed by atoms with Gasteiger partial charge in [0.15, 0.2) is 23.2 Å². The van der Waals surface area contributed by atoms with Crippen LogP contribution in [0.3, 0.4) is 0 Å². The van der Waals surface area contributed by atoms with Crippen LogP contribution < -0.4 is 24.8 Å². The largest absolute Gasteiger partial charge is 0.454 e. The Bertz CT molecular complexity index is 868. The fourth-order valence-corrected chi connectivity index (χ4v) is 3.19. The molecular formula is C20H26F2N4O4. The summed E-state index contributed by atoms with van der Waals surface area (Å²) in [5.74, 6) is 2.39. The van der Waals surface area contributed by atoms with Crippen molar-refractivity contribution in [3.8, 4) is 17.2 Å². The normalized spacial score (nSPS) is 13.2. The van der Waals surface area contributed by atoms with E-state index in [4.69, 9.17) is 14.0 Å². The van der Waals surface area contributed by atoms with E-state index in [1.54, 1.807) is 13.1 Å². The number of guanidine groups is 1. The molecule has 1 aliphatic heterocycles. The second-order valence-corrected chi connectivity index (χ2v) is 6.70. The van der Waals surface area contributed by atoms with Gasteiger partial charge in [0.25, 0.3) is 0 Å². The summed E-state index contributed by atoms with van der Waals surface area (Å²) >= 11 is 0. The summed E-state index contributed by atoms with van der Waals surface area (Å²) in [6.45, 7) is 1.91. The standard InChI is InChI=1S/C20H26F2N4O4/c1-4-12(5-2)15-7-14(30-26-15)10-25-20(23-3)24-9-13-6-17-18(28-11-27-17)8-16(13)29-19(21)22/h6-8,12,19H,4-5,9-11H2,1-3H3,(H2,23,24,25). The Hall–Kier alpha value is -3.04. The molecule has 1 aromatic carbocycles. The third-order valence-electron chi connectivity index (χ3n) is 4.85. The van der Waals surface area contributed by atoms with Crippen molar-refractivity contribution in [2.75, 3.05) is 13.8 Å². The first-order chi connectivity index (χ1) is 14.5. The number of rotatable bonds is 9. The Morgan fingerprint density at radius 1 is 1.13 bits per heavy atom. The van der Waals surface area contributed by atoms with E-state index >= 15 is 0 Å². The highest BCUT2D eigenvalue weighted by Crippen LogP contribution is 2.38. The number of nitrogens with zero attached hydrogens (tertiary/aromatic N) is 2. The number of hydrogen-bond donors (Lipinski definition) is 2. The molecule has 2 heterocycles.